The van der Waals surface area contributed by atoms with Crippen molar-refractivity contribution in [3.63, 3.8) is 0 Å². The van der Waals surface area contributed by atoms with Crippen molar-refractivity contribution in [2.24, 2.45) is 0 Å². The van der Waals surface area contributed by atoms with Gasteiger partial charge in [-0.05, 0) is 21.0 Å². The average Bonchev–Trinajstić information content (AvgIpc) is 2.21. The molecule has 0 aromatic rings. The Kier molecular flexibility index (Phi) is 8.00. The summed E-state index contributed by atoms with van der Waals surface area (Å²) in [6.45, 7) is 3.32. The molecule has 0 aliphatic carbocycles. The SMILES string of the molecule is CC(COCCN(C)C)OC(=O)/C=C\C(=O)O. The second-order valence-corrected chi connectivity index (χ2v) is 3.80. The first-order chi connectivity index (χ1) is 7.91. The molecule has 0 saturated heterocycles. The zero-order valence-corrected chi connectivity index (χ0v) is 10.4. The number of nitrogens with zero attached hydrogens (tertiary/aromatic N) is 1. The molecule has 98 valence electrons. The Morgan fingerprint density at radius 3 is 2.53 bits per heavy atom. The maximum atomic E-state index is 11.1. The van der Waals surface area contributed by atoms with E-state index >= 15 is 0 Å². The highest BCUT2D eigenvalue weighted by Gasteiger charge is 2.07. The Hall–Kier alpha value is -1.40. The summed E-state index contributed by atoms with van der Waals surface area (Å²) in [5.41, 5.74) is 0. The number of carboxylic acids is 1. The third kappa shape index (κ3) is 10.9. The number of rotatable bonds is 8. The summed E-state index contributed by atoms with van der Waals surface area (Å²) in [5, 5.41) is 8.30. The van der Waals surface area contributed by atoms with E-state index in [0.29, 0.717) is 13.2 Å². The summed E-state index contributed by atoms with van der Waals surface area (Å²) in [7, 11) is 3.87. The van der Waals surface area contributed by atoms with Crippen LogP contribution in [0.3, 0.4) is 0 Å². The van der Waals surface area contributed by atoms with Gasteiger partial charge in [0, 0.05) is 18.7 Å². The highest BCUT2D eigenvalue weighted by Crippen LogP contribution is 1.94. The van der Waals surface area contributed by atoms with Gasteiger partial charge >= 0.3 is 11.9 Å². The first-order valence-electron chi connectivity index (χ1n) is 5.26. The number of hydrogen-bond donors (Lipinski definition) is 1. The third-order valence-corrected chi connectivity index (χ3v) is 1.71. The van der Waals surface area contributed by atoms with E-state index in [-0.39, 0.29) is 0 Å². The number of hydrogen-bond acceptors (Lipinski definition) is 5. The van der Waals surface area contributed by atoms with Gasteiger partial charge in [-0.2, -0.15) is 0 Å². The Labute approximate surface area is 101 Å². The van der Waals surface area contributed by atoms with Gasteiger partial charge in [0.2, 0.25) is 0 Å². The number of carbonyl (C=O) groups is 2. The van der Waals surface area contributed by atoms with Crippen LogP contribution in [0.15, 0.2) is 12.2 Å². The van der Waals surface area contributed by atoms with Crippen molar-refractivity contribution >= 4 is 11.9 Å². The lowest BCUT2D eigenvalue weighted by atomic mass is 10.4. The molecule has 0 bridgehead atoms. The molecule has 1 N–H and O–H groups in total. The Morgan fingerprint density at radius 2 is 2.00 bits per heavy atom. The average molecular weight is 245 g/mol. The number of carbonyl (C=O) groups excluding carboxylic acids is 1. The molecule has 0 spiro atoms. The summed E-state index contributed by atoms with van der Waals surface area (Å²) in [4.78, 5) is 23.2. The number of ether oxygens (including phenoxy) is 2. The number of esters is 1. The van der Waals surface area contributed by atoms with Crippen molar-refractivity contribution in [2.75, 3.05) is 33.9 Å². The van der Waals surface area contributed by atoms with Gasteiger partial charge in [0.05, 0.1) is 13.2 Å². The van der Waals surface area contributed by atoms with Crippen molar-refractivity contribution < 1.29 is 24.2 Å². The van der Waals surface area contributed by atoms with Crippen LogP contribution in [0, 0.1) is 0 Å². The fraction of sp³-hybridized carbons (Fsp3) is 0.636. The van der Waals surface area contributed by atoms with Crippen molar-refractivity contribution in [1.82, 2.24) is 4.90 Å². The van der Waals surface area contributed by atoms with Crippen molar-refractivity contribution in [2.45, 2.75) is 13.0 Å². The van der Waals surface area contributed by atoms with Crippen LogP contribution in [0.25, 0.3) is 0 Å². The van der Waals surface area contributed by atoms with Gasteiger partial charge in [-0.3, -0.25) is 0 Å². The molecule has 0 aliphatic rings. The molecular weight excluding hydrogens is 226 g/mol. The second-order valence-electron chi connectivity index (χ2n) is 3.80. The summed E-state index contributed by atoms with van der Waals surface area (Å²) in [6, 6.07) is 0. The largest absolute Gasteiger partial charge is 0.478 e. The van der Waals surface area contributed by atoms with Crippen LogP contribution < -0.4 is 0 Å². The monoisotopic (exact) mass is 245 g/mol. The molecule has 1 atom stereocenters. The maximum Gasteiger partial charge on any atom is 0.331 e. The molecule has 0 aliphatic heterocycles. The molecular formula is C11H19NO5. The Bertz CT molecular complexity index is 275. The molecule has 6 heteroatoms. The number of likely N-dealkylation sites (N-methyl/N-ethyl adjacent to an activating group) is 1. The highest BCUT2D eigenvalue weighted by molar-refractivity contribution is 5.90. The lowest BCUT2D eigenvalue weighted by Gasteiger charge is -2.14. The van der Waals surface area contributed by atoms with Crippen LogP contribution in [-0.2, 0) is 19.1 Å². The number of carboxylic acid groups (broad SMARTS) is 1. The lowest BCUT2D eigenvalue weighted by Crippen LogP contribution is -2.23. The lowest BCUT2D eigenvalue weighted by molar-refractivity contribution is -0.145. The van der Waals surface area contributed by atoms with Gasteiger partial charge in [-0.25, -0.2) is 9.59 Å². The van der Waals surface area contributed by atoms with Gasteiger partial charge in [0.25, 0.3) is 0 Å². The van der Waals surface area contributed by atoms with Gasteiger partial charge in [-0.15, -0.1) is 0 Å². The zero-order valence-electron chi connectivity index (χ0n) is 10.4. The first kappa shape index (κ1) is 15.6. The molecule has 0 aromatic carbocycles. The summed E-state index contributed by atoms with van der Waals surface area (Å²) in [6.07, 6.45) is 1.21. The molecule has 0 heterocycles. The number of aliphatic carboxylic acids is 1. The second kappa shape index (κ2) is 8.72. The van der Waals surface area contributed by atoms with Gasteiger partial charge in [-0.1, -0.05) is 0 Å². The van der Waals surface area contributed by atoms with Crippen LogP contribution >= 0.6 is 0 Å². The van der Waals surface area contributed by atoms with Gasteiger partial charge in [0.15, 0.2) is 0 Å². The summed E-state index contributed by atoms with van der Waals surface area (Å²) >= 11 is 0. The summed E-state index contributed by atoms with van der Waals surface area (Å²) in [5.74, 6) is -1.87. The Balaban J connectivity index is 3.67. The van der Waals surface area contributed by atoms with Gasteiger partial charge < -0.3 is 19.5 Å². The van der Waals surface area contributed by atoms with E-state index < -0.39 is 18.0 Å². The smallest absolute Gasteiger partial charge is 0.331 e. The van der Waals surface area contributed by atoms with E-state index in [2.05, 4.69) is 0 Å². The van der Waals surface area contributed by atoms with Crippen LogP contribution in [0.4, 0.5) is 0 Å². The molecule has 0 fully saturated rings. The van der Waals surface area contributed by atoms with E-state index in [1.165, 1.54) is 0 Å². The van der Waals surface area contributed by atoms with E-state index in [0.717, 1.165) is 18.7 Å². The minimum Gasteiger partial charge on any atom is -0.478 e. The maximum absolute atomic E-state index is 11.1. The predicted molar refractivity (Wildman–Crippen MR) is 61.7 cm³/mol. The van der Waals surface area contributed by atoms with Crippen molar-refractivity contribution in [1.29, 1.82) is 0 Å². The third-order valence-electron chi connectivity index (χ3n) is 1.71. The Morgan fingerprint density at radius 1 is 1.35 bits per heavy atom. The molecule has 0 aromatic heterocycles. The van der Waals surface area contributed by atoms with Gasteiger partial charge in [0.1, 0.15) is 6.10 Å². The highest BCUT2D eigenvalue weighted by atomic mass is 16.6. The molecule has 6 nitrogen and oxygen atoms in total. The van der Waals surface area contributed by atoms with Crippen LogP contribution in [0.2, 0.25) is 0 Å². The zero-order chi connectivity index (χ0) is 13.3. The fourth-order valence-electron chi connectivity index (χ4n) is 0.907. The fourth-order valence-corrected chi connectivity index (χ4v) is 0.907. The normalized spacial score (nSPS) is 12.9. The molecule has 17 heavy (non-hydrogen) atoms. The first-order valence-corrected chi connectivity index (χ1v) is 5.26. The van der Waals surface area contributed by atoms with E-state index in [1.54, 1.807) is 6.92 Å². The molecule has 1 unspecified atom stereocenters. The molecule has 0 saturated carbocycles. The minimum absolute atomic E-state index is 0.292. The quantitative estimate of drug-likeness (QED) is 0.372. The van der Waals surface area contributed by atoms with Crippen LogP contribution in [-0.4, -0.2) is 61.9 Å². The predicted octanol–water partition coefficient (Wildman–Crippen LogP) is 0.137. The minimum atomic E-state index is -1.18. The van der Waals surface area contributed by atoms with Crippen LogP contribution in [0.5, 0.6) is 0 Å². The standard InChI is InChI=1S/C11H19NO5/c1-9(8-16-7-6-12(2)3)17-11(15)5-4-10(13)14/h4-5,9H,6-8H2,1-3H3,(H,13,14)/b5-4-. The summed E-state index contributed by atoms with van der Waals surface area (Å²) < 4.78 is 10.2. The molecule has 0 amide bonds. The van der Waals surface area contributed by atoms with Crippen molar-refractivity contribution in [3.8, 4) is 0 Å². The van der Waals surface area contributed by atoms with E-state index in [9.17, 15) is 9.59 Å². The van der Waals surface area contributed by atoms with Crippen molar-refractivity contribution in [3.05, 3.63) is 12.2 Å². The topological polar surface area (TPSA) is 76.1 Å². The van der Waals surface area contributed by atoms with E-state index in [4.69, 9.17) is 14.6 Å². The molecule has 0 rings (SSSR count). The van der Waals surface area contributed by atoms with E-state index in [1.807, 2.05) is 19.0 Å². The molecule has 0 radical (unpaired) electrons. The van der Waals surface area contributed by atoms with Crippen LogP contribution in [0.1, 0.15) is 6.92 Å².